The Morgan fingerprint density at radius 3 is 2.70 bits per heavy atom. The monoisotopic (exact) mass is 416 g/mol. The highest BCUT2D eigenvalue weighted by Crippen LogP contribution is 2.58. The van der Waals surface area contributed by atoms with Crippen LogP contribution in [0, 0.1) is 5.92 Å². The van der Waals surface area contributed by atoms with Gasteiger partial charge in [-0.1, -0.05) is 6.07 Å². The number of likely N-dealkylation sites (N-methyl/N-ethyl adjacent to an activating group) is 1. The molecule has 3 aliphatic rings. The molecule has 162 valence electrons. The van der Waals surface area contributed by atoms with Crippen molar-refractivity contribution in [3.05, 3.63) is 35.1 Å². The summed E-state index contributed by atoms with van der Waals surface area (Å²) in [5.41, 5.74) is 1.31. The molecule has 4 atom stereocenters. The highest BCUT2D eigenvalue weighted by Gasteiger charge is 2.59. The number of aromatic hydroxyl groups is 1. The Labute approximate surface area is 176 Å². The van der Waals surface area contributed by atoms with Crippen molar-refractivity contribution in [2.75, 3.05) is 41.5 Å². The molecule has 1 aromatic rings. The standard InChI is InChI=1S/C23H29NO6/c1-24(13-20(26)30-4)9-5-8-23-12-17(25)19(29-3)11-15(23)16(24)10-14-6-7-18(28-2)22(27)21(14)23/h6-7,11,15-16H,5,8-10,12-13H2,1-4H3/p+1/t15-,16+,23+,24+/m0/s1. The molecule has 0 saturated carbocycles. The molecule has 2 aliphatic carbocycles. The molecule has 0 spiro atoms. The number of nitrogens with zero attached hydrogens (tertiary/aromatic N) is 1. The minimum absolute atomic E-state index is 0.0483. The van der Waals surface area contributed by atoms with Crippen LogP contribution < -0.4 is 4.74 Å². The summed E-state index contributed by atoms with van der Waals surface area (Å²) >= 11 is 0. The average Bonchev–Trinajstić information content (AvgIpc) is 2.79. The van der Waals surface area contributed by atoms with Gasteiger partial charge in [0.25, 0.3) is 0 Å². The lowest BCUT2D eigenvalue weighted by Crippen LogP contribution is -2.62. The number of phenols is 1. The topological polar surface area (TPSA) is 82.1 Å². The number of likely N-dealkylation sites (tertiary alicyclic amines) is 1. The maximum atomic E-state index is 13.0. The first kappa shape index (κ1) is 20.7. The van der Waals surface area contributed by atoms with Gasteiger partial charge < -0.3 is 23.8 Å². The fraction of sp³-hybridized carbons (Fsp3) is 0.565. The van der Waals surface area contributed by atoms with Gasteiger partial charge in [-0.2, -0.15) is 0 Å². The number of hydrogen-bond acceptors (Lipinski definition) is 6. The number of esters is 1. The quantitative estimate of drug-likeness (QED) is 0.598. The Hall–Kier alpha value is -2.54. The van der Waals surface area contributed by atoms with Gasteiger partial charge in [0.1, 0.15) is 6.04 Å². The summed E-state index contributed by atoms with van der Waals surface area (Å²) in [4.78, 5) is 25.2. The molecule has 0 aromatic heterocycles. The minimum atomic E-state index is -0.540. The van der Waals surface area contributed by atoms with E-state index < -0.39 is 5.41 Å². The third kappa shape index (κ3) is 2.90. The first-order valence-electron chi connectivity index (χ1n) is 10.4. The molecular weight excluding hydrogens is 386 g/mol. The second kappa shape index (κ2) is 7.30. The van der Waals surface area contributed by atoms with Crippen molar-refractivity contribution >= 4 is 11.8 Å². The van der Waals surface area contributed by atoms with Crippen molar-refractivity contribution in [1.29, 1.82) is 0 Å². The van der Waals surface area contributed by atoms with Crippen molar-refractivity contribution in [2.24, 2.45) is 5.92 Å². The van der Waals surface area contributed by atoms with Crippen LogP contribution in [-0.2, 0) is 30.9 Å². The zero-order valence-corrected chi connectivity index (χ0v) is 18.1. The summed E-state index contributed by atoms with van der Waals surface area (Å²) in [5.74, 6) is 0.587. The third-order valence-corrected chi connectivity index (χ3v) is 7.54. The maximum Gasteiger partial charge on any atom is 0.361 e. The zero-order chi connectivity index (χ0) is 21.7. The van der Waals surface area contributed by atoms with Crippen LogP contribution in [-0.4, -0.2) is 68.9 Å². The van der Waals surface area contributed by atoms with Crippen molar-refractivity contribution in [3.63, 3.8) is 0 Å². The molecule has 4 rings (SSSR count). The summed E-state index contributed by atoms with van der Waals surface area (Å²) in [6, 6.07) is 3.83. The molecule has 7 nitrogen and oxygen atoms in total. The van der Waals surface area contributed by atoms with Crippen molar-refractivity contribution in [1.82, 2.24) is 0 Å². The molecule has 1 saturated heterocycles. The van der Waals surface area contributed by atoms with E-state index in [4.69, 9.17) is 14.2 Å². The fourth-order valence-corrected chi connectivity index (χ4v) is 6.15. The largest absolute Gasteiger partial charge is 0.504 e. The van der Waals surface area contributed by atoms with Gasteiger partial charge in [-0.15, -0.1) is 0 Å². The van der Waals surface area contributed by atoms with Gasteiger partial charge in [0, 0.05) is 29.7 Å². The van der Waals surface area contributed by atoms with E-state index in [9.17, 15) is 14.7 Å². The highest BCUT2D eigenvalue weighted by molar-refractivity contribution is 5.96. The van der Waals surface area contributed by atoms with Gasteiger partial charge in [0.05, 0.1) is 34.9 Å². The molecule has 1 N–H and O–H groups in total. The zero-order valence-electron chi connectivity index (χ0n) is 18.1. The molecule has 1 aromatic carbocycles. The summed E-state index contributed by atoms with van der Waals surface area (Å²) in [7, 11) is 6.57. The van der Waals surface area contributed by atoms with Crippen LogP contribution in [0.15, 0.2) is 24.0 Å². The Morgan fingerprint density at radius 1 is 1.27 bits per heavy atom. The number of carbonyl (C=O) groups excluding carboxylic acids is 2. The van der Waals surface area contributed by atoms with Gasteiger partial charge in [-0.25, -0.2) is 4.79 Å². The van der Waals surface area contributed by atoms with Gasteiger partial charge in [0.2, 0.25) is 0 Å². The van der Waals surface area contributed by atoms with Crippen LogP contribution in [0.4, 0.5) is 0 Å². The number of hydrogen-bond donors (Lipinski definition) is 1. The van der Waals surface area contributed by atoms with Crippen molar-refractivity contribution < 1.29 is 33.4 Å². The number of methoxy groups -OCH3 is 3. The molecular formula is C23H30NO6+. The van der Waals surface area contributed by atoms with Gasteiger partial charge in [-0.05, 0) is 30.5 Å². The van der Waals surface area contributed by atoms with E-state index in [0.29, 0.717) is 22.4 Å². The average molecular weight is 416 g/mol. The van der Waals surface area contributed by atoms with E-state index in [-0.39, 0.29) is 42.4 Å². The molecule has 1 heterocycles. The SMILES string of the molecule is COC(=O)C[N@@+]1(C)CCC[C@@]23CC(=O)C(OC)=C[C@H]2[C@H]1Cc1ccc(OC)c(O)c13. The fourth-order valence-electron chi connectivity index (χ4n) is 6.15. The second-order valence-corrected chi connectivity index (χ2v) is 8.98. The van der Waals surface area contributed by atoms with Gasteiger partial charge in [-0.3, -0.25) is 4.79 Å². The number of Topliss-reactive ketones (excluding diaryl/α,β-unsaturated/α-hetero) is 1. The van der Waals surface area contributed by atoms with E-state index in [0.717, 1.165) is 30.5 Å². The molecule has 2 bridgehead atoms. The summed E-state index contributed by atoms with van der Waals surface area (Å²) in [5, 5.41) is 11.1. The highest BCUT2D eigenvalue weighted by atomic mass is 16.5. The third-order valence-electron chi connectivity index (χ3n) is 7.54. The number of ether oxygens (including phenoxy) is 3. The molecule has 1 aliphatic heterocycles. The summed E-state index contributed by atoms with van der Waals surface area (Å²) in [6.45, 7) is 1.07. The number of benzene rings is 1. The molecule has 30 heavy (non-hydrogen) atoms. The first-order valence-corrected chi connectivity index (χ1v) is 10.4. The van der Waals surface area contributed by atoms with E-state index in [2.05, 4.69) is 7.05 Å². The number of carbonyl (C=O) groups is 2. The van der Waals surface area contributed by atoms with Crippen LogP contribution in [0.3, 0.4) is 0 Å². The Morgan fingerprint density at radius 2 is 2.03 bits per heavy atom. The van der Waals surface area contributed by atoms with Crippen LogP contribution in [0.1, 0.15) is 30.4 Å². The Bertz CT molecular complexity index is 925. The smallest absolute Gasteiger partial charge is 0.361 e. The lowest BCUT2D eigenvalue weighted by Gasteiger charge is -2.52. The number of fused-ring (bicyclic) bond motifs is 1. The number of rotatable bonds is 4. The lowest BCUT2D eigenvalue weighted by molar-refractivity contribution is -0.929. The van der Waals surface area contributed by atoms with Crippen LogP contribution >= 0.6 is 0 Å². The van der Waals surface area contributed by atoms with Gasteiger partial charge in [0.15, 0.2) is 29.6 Å². The predicted octanol–water partition coefficient (Wildman–Crippen LogP) is 2.10. The van der Waals surface area contributed by atoms with Crippen molar-refractivity contribution in [2.45, 2.75) is 37.1 Å². The van der Waals surface area contributed by atoms with Crippen molar-refractivity contribution in [3.8, 4) is 11.5 Å². The Balaban J connectivity index is 1.95. The van der Waals surface area contributed by atoms with E-state index in [1.54, 1.807) is 6.07 Å². The predicted molar refractivity (Wildman–Crippen MR) is 109 cm³/mol. The number of phenolic OH excluding ortho intramolecular Hbond substituents is 1. The number of ketones is 1. The summed E-state index contributed by atoms with van der Waals surface area (Å²) in [6.07, 6.45) is 4.49. The Kier molecular flexibility index (Phi) is 5.04. The number of quaternary nitrogens is 1. The molecule has 0 radical (unpaired) electrons. The molecule has 7 heteroatoms. The molecule has 1 fully saturated rings. The summed E-state index contributed by atoms with van der Waals surface area (Å²) < 4.78 is 16.3. The normalized spacial score (nSPS) is 32.3. The first-order chi connectivity index (χ1) is 14.3. The second-order valence-electron chi connectivity index (χ2n) is 8.98. The van der Waals surface area contributed by atoms with Gasteiger partial charge >= 0.3 is 5.97 Å². The maximum absolute atomic E-state index is 13.0. The van der Waals surface area contributed by atoms with E-state index in [1.807, 2.05) is 12.1 Å². The molecule has 0 amide bonds. The van der Waals surface area contributed by atoms with Crippen LogP contribution in [0.5, 0.6) is 11.5 Å². The van der Waals surface area contributed by atoms with Crippen LogP contribution in [0.2, 0.25) is 0 Å². The molecule has 0 unspecified atom stereocenters. The lowest BCUT2D eigenvalue weighted by atomic mass is 9.55. The number of allylic oxidation sites excluding steroid dienone is 1. The van der Waals surface area contributed by atoms with E-state index in [1.165, 1.54) is 21.3 Å². The van der Waals surface area contributed by atoms with E-state index >= 15 is 0 Å². The minimum Gasteiger partial charge on any atom is -0.504 e. The van der Waals surface area contributed by atoms with Crippen LogP contribution in [0.25, 0.3) is 0 Å².